The minimum Gasteiger partial charge on any atom is -0.464 e. The van der Waals surface area contributed by atoms with Crippen LogP contribution in [0.25, 0.3) is 0 Å². The molecule has 0 radical (unpaired) electrons. The second-order valence-electron chi connectivity index (χ2n) is 5.15. The quantitative estimate of drug-likeness (QED) is 0.792. The molecule has 114 valence electrons. The number of methoxy groups -OCH3 is 1. The molecule has 0 N–H and O–H groups in total. The number of hydrogen-bond acceptors (Lipinski definition) is 5. The van der Waals surface area contributed by atoms with Gasteiger partial charge in [0.2, 0.25) is 5.89 Å². The van der Waals surface area contributed by atoms with Crippen LogP contribution in [0.5, 0.6) is 0 Å². The minimum atomic E-state index is -0.553. The molecule has 1 aliphatic carbocycles. The molecule has 1 amide bonds. The number of carbonyl (C=O) groups is 2. The molecule has 6 heteroatoms. The van der Waals surface area contributed by atoms with E-state index in [2.05, 4.69) is 9.72 Å². The van der Waals surface area contributed by atoms with Crippen molar-refractivity contribution in [1.29, 1.82) is 0 Å². The molecule has 0 atom stereocenters. The Morgan fingerprint density at radius 1 is 1.32 bits per heavy atom. The number of rotatable bonds is 5. The first kappa shape index (κ1) is 14.3. The van der Waals surface area contributed by atoms with Crippen molar-refractivity contribution in [2.75, 3.05) is 7.11 Å². The number of aromatic nitrogens is 1. The predicted octanol–water partition coefficient (Wildman–Crippen LogP) is 2.27. The van der Waals surface area contributed by atoms with Crippen LogP contribution in [0.15, 0.2) is 41.0 Å². The largest absolute Gasteiger partial charge is 0.464 e. The van der Waals surface area contributed by atoms with Crippen LogP contribution < -0.4 is 0 Å². The number of esters is 1. The summed E-state index contributed by atoms with van der Waals surface area (Å²) in [4.78, 5) is 29.8. The van der Waals surface area contributed by atoms with Crippen molar-refractivity contribution in [3.8, 4) is 0 Å². The highest BCUT2D eigenvalue weighted by atomic mass is 16.5. The summed E-state index contributed by atoms with van der Waals surface area (Å²) in [5, 5.41) is 0. The van der Waals surface area contributed by atoms with E-state index in [9.17, 15) is 9.59 Å². The highest BCUT2D eigenvalue weighted by Crippen LogP contribution is 2.29. The van der Waals surface area contributed by atoms with Gasteiger partial charge in [-0.3, -0.25) is 4.79 Å². The molecule has 1 aliphatic rings. The first-order valence-electron chi connectivity index (χ1n) is 7.08. The lowest BCUT2D eigenvalue weighted by molar-refractivity contribution is 0.0594. The van der Waals surface area contributed by atoms with Crippen LogP contribution in [0.1, 0.15) is 39.6 Å². The Labute approximate surface area is 127 Å². The number of ether oxygens (including phenoxy) is 1. The Hall–Kier alpha value is -2.63. The monoisotopic (exact) mass is 300 g/mol. The van der Waals surface area contributed by atoms with E-state index in [1.165, 1.54) is 13.4 Å². The maximum atomic E-state index is 12.6. The van der Waals surface area contributed by atoms with Crippen molar-refractivity contribution in [1.82, 2.24) is 9.88 Å². The molecule has 1 aromatic heterocycles. The Morgan fingerprint density at radius 2 is 2.05 bits per heavy atom. The summed E-state index contributed by atoms with van der Waals surface area (Å²) in [5.74, 6) is -0.278. The highest BCUT2D eigenvalue weighted by Gasteiger charge is 2.34. The van der Waals surface area contributed by atoms with Crippen LogP contribution in [0, 0.1) is 0 Å². The zero-order chi connectivity index (χ0) is 15.5. The fourth-order valence-electron chi connectivity index (χ4n) is 2.23. The molecule has 1 saturated carbocycles. The number of hydrogen-bond donors (Lipinski definition) is 0. The van der Waals surface area contributed by atoms with E-state index >= 15 is 0 Å². The molecular formula is C16H16N2O4. The van der Waals surface area contributed by atoms with Crippen LogP contribution >= 0.6 is 0 Å². The number of benzene rings is 1. The first-order chi connectivity index (χ1) is 10.7. The fourth-order valence-corrected chi connectivity index (χ4v) is 2.23. The average molecular weight is 300 g/mol. The summed E-state index contributed by atoms with van der Waals surface area (Å²) in [7, 11) is 1.28. The molecule has 22 heavy (non-hydrogen) atoms. The molecule has 0 bridgehead atoms. The molecule has 0 unspecified atom stereocenters. The normalized spacial score (nSPS) is 13.7. The Bertz CT molecular complexity index is 676. The minimum absolute atomic E-state index is 0.0547. The van der Waals surface area contributed by atoms with Crippen LogP contribution in [-0.4, -0.2) is 34.9 Å². The Morgan fingerprint density at radius 3 is 2.68 bits per heavy atom. The predicted molar refractivity (Wildman–Crippen MR) is 77.2 cm³/mol. The van der Waals surface area contributed by atoms with E-state index in [-0.39, 0.29) is 24.2 Å². The van der Waals surface area contributed by atoms with Gasteiger partial charge in [-0.1, -0.05) is 18.2 Å². The molecule has 1 aromatic carbocycles. The summed E-state index contributed by atoms with van der Waals surface area (Å²) in [5.41, 5.74) is 0.745. The average Bonchev–Trinajstić information content (AvgIpc) is 3.30. The summed E-state index contributed by atoms with van der Waals surface area (Å²) in [6.45, 7) is 0.245. The van der Waals surface area contributed by atoms with Crippen molar-refractivity contribution < 1.29 is 18.7 Å². The lowest BCUT2D eigenvalue weighted by Crippen LogP contribution is -2.32. The van der Waals surface area contributed by atoms with E-state index in [0.29, 0.717) is 11.5 Å². The third-order valence-corrected chi connectivity index (χ3v) is 3.52. The molecular weight excluding hydrogens is 284 g/mol. The van der Waals surface area contributed by atoms with Gasteiger partial charge in [-0.05, 0) is 25.0 Å². The Balaban J connectivity index is 1.76. The highest BCUT2D eigenvalue weighted by molar-refractivity contribution is 5.94. The van der Waals surface area contributed by atoms with Crippen molar-refractivity contribution >= 4 is 11.9 Å². The number of amides is 1. The lowest BCUT2D eigenvalue weighted by Gasteiger charge is -2.20. The van der Waals surface area contributed by atoms with Crippen molar-refractivity contribution in [3.63, 3.8) is 0 Å². The van der Waals surface area contributed by atoms with Gasteiger partial charge in [0.25, 0.3) is 5.91 Å². The van der Waals surface area contributed by atoms with Crippen LogP contribution in [0.4, 0.5) is 0 Å². The van der Waals surface area contributed by atoms with Gasteiger partial charge in [0.15, 0.2) is 5.69 Å². The van der Waals surface area contributed by atoms with Crippen molar-refractivity contribution in [2.45, 2.75) is 25.4 Å². The second kappa shape index (κ2) is 6.01. The number of nitrogens with zero attached hydrogens (tertiary/aromatic N) is 2. The van der Waals surface area contributed by atoms with Gasteiger partial charge in [0, 0.05) is 11.6 Å². The molecule has 3 rings (SSSR count). The topological polar surface area (TPSA) is 72.6 Å². The molecule has 1 heterocycles. The smallest absolute Gasteiger partial charge is 0.360 e. The van der Waals surface area contributed by atoms with E-state index in [0.717, 1.165) is 12.8 Å². The van der Waals surface area contributed by atoms with Gasteiger partial charge in [0.05, 0.1) is 13.7 Å². The summed E-state index contributed by atoms with van der Waals surface area (Å²) in [6, 6.07) is 9.31. The summed E-state index contributed by atoms with van der Waals surface area (Å²) in [6.07, 6.45) is 3.20. The van der Waals surface area contributed by atoms with E-state index in [1.54, 1.807) is 17.0 Å². The standard InChI is InChI=1S/C16H16N2O4/c1-21-16(20)13-10-22-14(17-13)9-18(12-7-8-12)15(19)11-5-3-2-4-6-11/h2-6,10,12H,7-9H2,1H3. The molecule has 6 nitrogen and oxygen atoms in total. The number of carbonyl (C=O) groups excluding carboxylic acids is 2. The van der Waals surface area contributed by atoms with Gasteiger partial charge >= 0.3 is 5.97 Å². The zero-order valence-electron chi connectivity index (χ0n) is 12.2. The second-order valence-corrected chi connectivity index (χ2v) is 5.15. The first-order valence-corrected chi connectivity index (χ1v) is 7.08. The Kier molecular flexibility index (Phi) is 3.91. The molecule has 2 aromatic rings. The van der Waals surface area contributed by atoms with Crippen molar-refractivity contribution in [3.05, 3.63) is 53.7 Å². The summed E-state index contributed by atoms with van der Waals surface area (Å²) < 4.78 is 9.87. The van der Waals surface area contributed by atoms with E-state index in [4.69, 9.17) is 4.42 Å². The third-order valence-electron chi connectivity index (χ3n) is 3.52. The van der Waals surface area contributed by atoms with Crippen LogP contribution in [0.3, 0.4) is 0 Å². The van der Waals surface area contributed by atoms with Gasteiger partial charge in [-0.2, -0.15) is 0 Å². The molecule has 1 fully saturated rings. The van der Waals surface area contributed by atoms with Gasteiger partial charge < -0.3 is 14.1 Å². The zero-order valence-corrected chi connectivity index (χ0v) is 12.2. The summed E-state index contributed by atoms with van der Waals surface area (Å²) >= 11 is 0. The maximum absolute atomic E-state index is 12.6. The SMILES string of the molecule is COC(=O)c1coc(CN(C(=O)c2ccccc2)C2CC2)n1. The third kappa shape index (κ3) is 3.00. The number of oxazole rings is 1. The van der Waals surface area contributed by atoms with Crippen LogP contribution in [0.2, 0.25) is 0 Å². The molecule has 0 aliphatic heterocycles. The lowest BCUT2D eigenvalue weighted by atomic mass is 10.2. The van der Waals surface area contributed by atoms with Gasteiger partial charge in [-0.25, -0.2) is 9.78 Å². The van der Waals surface area contributed by atoms with E-state index in [1.807, 2.05) is 18.2 Å². The van der Waals surface area contributed by atoms with Gasteiger partial charge in [-0.15, -0.1) is 0 Å². The van der Waals surface area contributed by atoms with Gasteiger partial charge in [0.1, 0.15) is 6.26 Å². The fraction of sp³-hybridized carbons (Fsp3) is 0.312. The van der Waals surface area contributed by atoms with Crippen LogP contribution in [-0.2, 0) is 11.3 Å². The molecule has 0 spiro atoms. The molecule has 0 saturated heterocycles. The van der Waals surface area contributed by atoms with E-state index < -0.39 is 5.97 Å². The van der Waals surface area contributed by atoms with Crippen molar-refractivity contribution in [2.24, 2.45) is 0 Å². The maximum Gasteiger partial charge on any atom is 0.360 e.